The average Bonchev–Trinajstić information content (AvgIpc) is 2.82. The number of halogens is 2. The van der Waals surface area contributed by atoms with E-state index in [2.05, 4.69) is 15.9 Å². The van der Waals surface area contributed by atoms with Gasteiger partial charge in [0.05, 0.1) is 11.4 Å². The topological polar surface area (TPSA) is 25.2 Å². The summed E-state index contributed by atoms with van der Waals surface area (Å²) in [6.45, 7) is 2.01. The minimum absolute atomic E-state index is 0.167. The number of phenols is 1. The largest absolute Gasteiger partial charge is 0.506 e. The second kappa shape index (κ2) is 5.58. The molecule has 0 radical (unpaired) electrons. The van der Waals surface area contributed by atoms with E-state index in [4.69, 9.17) is 11.6 Å². The van der Waals surface area contributed by atoms with Crippen molar-refractivity contribution in [3.63, 3.8) is 0 Å². The van der Waals surface area contributed by atoms with Crippen molar-refractivity contribution in [2.24, 2.45) is 0 Å². The molecule has 0 aliphatic carbocycles. The second-order valence-corrected chi connectivity index (χ2v) is 6.19. The zero-order valence-corrected chi connectivity index (χ0v) is 13.7. The maximum absolute atomic E-state index is 10.2. The van der Waals surface area contributed by atoms with Crippen LogP contribution in [0.25, 0.3) is 16.9 Å². The Kier molecular flexibility index (Phi) is 3.79. The molecule has 0 bridgehead atoms. The molecule has 0 unspecified atom stereocenters. The lowest BCUT2D eigenvalue weighted by molar-refractivity contribution is 0.472. The van der Waals surface area contributed by atoms with E-state index in [9.17, 15) is 5.11 Å². The van der Waals surface area contributed by atoms with Crippen LogP contribution in [0, 0.1) is 6.92 Å². The summed E-state index contributed by atoms with van der Waals surface area (Å²) in [5, 5.41) is 10.7. The summed E-state index contributed by atoms with van der Waals surface area (Å²) in [5.74, 6) is 0.167. The molecule has 3 rings (SSSR count). The summed E-state index contributed by atoms with van der Waals surface area (Å²) in [6, 6.07) is 17.3. The molecule has 0 aliphatic rings. The summed E-state index contributed by atoms with van der Waals surface area (Å²) in [5.41, 5.74) is 3.88. The van der Waals surface area contributed by atoms with Crippen molar-refractivity contribution in [2.45, 2.75) is 6.92 Å². The molecule has 0 spiro atoms. The molecule has 106 valence electrons. The molecule has 1 aromatic heterocycles. The summed E-state index contributed by atoms with van der Waals surface area (Å²) in [7, 11) is 0. The second-order valence-electron chi connectivity index (χ2n) is 4.84. The van der Waals surface area contributed by atoms with Crippen LogP contribution in [0.5, 0.6) is 5.75 Å². The van der Waals surface area contributed by atoms with Crippen LogP contribution in [0.2, 0.25) is 5.02 Å². The van der Waals surface area contributed by atoms with Crippen molar-refractivity contribution in [1.29, 1.82) is 0 Å². The third-order valence-electron chi connectivity index (χ3n) is 3.39. The lowest BCUT2D eigenvalue weighted by atomic mass is 10.1. The van der Waals surface area contributed by atoms with Crippen LogP contribution in [-0.4, -0.2) is 9.67 Å². The number of benzene rings is 2. The molecule has 4 heteroatoms. The van der Waals surface area contributed by atoms with Crippen LogP contribution in [-0.2, 0) is 0 Å². The van der Waals surface area contributed by atoms with E-state index in [-0.39, 0.29) is 5.75 Å². The Balaban J connectivity index is 2.19. The van der Waals surface area contributed by atoms with Gasteiger partial charge in [-0.2, -0.15) is 0 Å². The molecule has 2 aromatic carbocycles. The predicted molar refractivity (Wildman–Crippen MR) is 90.3 cm³/mol. The summed E-state index contributed by atoms with van der Waals surface area (Å²) in [6.07, 6.45) is 0. The molecule has 0 saturated carbocycles. The van der Waals surface area contributed by atoms with Gasteiger partial charge in [-0.3, -0.25) is 0 Å². The Morgan fingerprint density at radius 2 is 1.71 bits per heavy atom. The fraction of sp³-hybridized carbons (Fsp3) is 0.0588. The minimum atomic E-state index is 0.167. The number of nitrogens with zero attached hydrogens (tertiary/aromatic N) is 1. The summed E-state index contributed by atoms with van der Waals surface area (Å²) >= 11 is 9.36. The minimum Gasteiger partial charge on any atom is -0.506 e. The van der Waals surface area contributed by atoms with Gasteiger partial charge < -0.3 is 9.67 Å². The van der Waals surface area contributed by atoms with E-state index >= 15 is 0 Å². The van der Waals surface area contributed by atoms with Gasteiger partial charge in [-0.1, -0.05) is 39.7 Å². The maximum atomic E-state index is 10.2. The molecule has 3 aromatic rings. The quantitative estimate of drug-likeness (QED) is 0.633. The Hall–Kier alpha value is -1.71. The molecule has 0 saturated heterocycles. The van der Waals surface area contributed by atoms with E-state index in [1.54, 1.807) is 12.1 Å². The first-order valence-corrected chi connectivity index (χ1v) is 7.66. The predicted octanol–water partition coefficient (Wildman–Crippen LogP) is 5.57. The van der Waals surface area contributed by atoms with Crippen molar-refractivity contribution in [3.05, 3.63) is 69.8 Å². The summed E-state index contributed by atoms with van der Waals surface area (Å²) < 4.78 is 3.06. The third-order valence-corrected chi connectivity index (χ3v) is 4.16. The van der Waals surface area contributed by atoms with Crippen molar-refractivity contribution >= 4 is 27.5 Å². The van der Waals surface area contributed by atoms with Crippen LogP contribution < -0.4 is 0 Å². The SMILES string of the molecule is Cc1ccc(-c2ccc(Br)cc2)n1-c1ccc(Cl)cc1O. The highest BCUT2D eigenvalue weighted by Crippen LogP contribution is 2.32. The van der Waals surface area contributed by atoms with Crippen molar-refractivity contribution in [2.75, 3.05) is 0 Å². The van der Waals surface area contributed by atoms with Crippen LogP contribution in [0.3, 0.4) is 0 Å². The van der Waals surface area contributed by atoms with E-state index in [1.807, 2.05) is 54.0 Å². The fourth-order valence-electron chi connectivity index (χ4n) is 2.39. The Labute approximate surface area is 136 Å². The Morgan fingerprint density at radius 1 is 1.00 bits per heavy atom. The highest BCUT2D eigenvalue weighted by atomic mass is 79.9. The molecule has 2 nitrogen and oxygen atoms in total. The number of hydrogen-bond acceptors (Lipinski definition) is 1. The van der Waals surface area contributed by atoms with Crippen molar-refractivity contribution in [3.8, 4) is 22.7 Å². The first kappa shape index (κ1) is 14.2. The first-order chi connectivity index (χ1) is 10.1. The molecular weight excluding hydrogens is 350 g/mol. The van der Waals surface area contributed by atoms with E-state index in [1.165, 1.54) is 0 Å². The number of phenolic OH excluding ortho intramolecular Hbond substituents is 1. The van der Waals surface area contributed by atoms with E-state index in [0.717, 1.165) is 27.1 Å². The van der Waals surface area contributed by atoms with Gasteiger partial charge in [-0.25, -0.2) is 0 Å². The van der Waals surface area contributed by atoms with E-state index in [0.29, 0.717) is 5.02 Å². The highest BCUT2D eigenvalue weighted by Gasteiger charge is 2.12. The Bertz CT molecular complexity index is 793. The molecule has 1 N–H and O–H groups in total. The first-order valence-electron chi connectivity index (χ1n) is 6.49. The Morgan fingerprint density at radius 3 is 2.38 bits per heavy atom. The van der Waals surface area contributed by atoms with Crippen LogP contribution in [0.4, 0.5) is 0 Å². The van der Waals surface area contributed by atoms with E-state index < -0.39 is 0 Å². The van der Waals surface area contributed by atoms with Crippen LogP contribution in [0.1, 0.15) is 5.69 Å². The van der Waals surface area contributed by atoms with Gasteiger partial charge in [0.2, 0.25) is 0 Å². The molecular formula is C17H13BrClNO. The zero-order valence-electron chi connectivity index (χ0n) is 11.3. The van der Waals surface area contributed by atoms with Gasteiger partial charge in [0, 0.05) is 21.3 Å². The van der Waals surface area contributed by atoms with Crippen molar-refractivity contribution in [1.82, 2.24) is 4.57 Å². The maximum Gasteiger partial charge on any atom is 0.141 e. The molecule has 0 atom stereocenters. The molecule has 0 fully saturated rings. The number of aromatic nitrogens is 1. The van der Waals surface area contributed by atoms with Gasteiger partial charge in [0.25, 0.3) is 0 Å². The number of hydrogen-bond donors (Lipinski definition) is 1. The lowest BCUT2D eigenvalue weighted by Gasteiger charge is -2.14. The molecule has 21 heavy (non-hydrogen) atoms. The molecule has 0 aliphatic heterocycles. The molecule has 1 heterocycles. The van der Waals surface area contributed by atoms with Crippen molar-refractivity contribution < 1.29 is 5.11 Å². The third kappa shape index (κ3) is 2.71. The van der Waals surface area contributed by atoms with Gasteiger partial charge in [0.1, 0.15) is 5.75 Å². The van der Waals surface area contributed by atoms with Gasteiger partial charge in [-0.05, 0) is 48.9 Å². The van der Waals surface area contributed by atoms with Gasteiger partial charge in [0.15, 0.2) is 0 Å². The zero-order chi connectivity index (χ0) is 15.0. The normalized spacial score (nSPS) is 10.8. The van der Waals surface area contributed by atoms with Gasteiger partial charge in [-0.15, -0.1) is 0 Å². The van der Waals surface area contributed by atoms with Gasteiger partial charge >= 0.3 is 0 Å². The average molecular weight is 363 g/mol. The highest BCUT2D eigenvalue weighted by molar-refractivity contribution is 9.10. The monoisotopic (exact) mass is 361 g/mol. The smallest absolute Gasteiger partial charge is 0.141 e. The lowest BCUT2D eigenvalue weighted by Crippen LogP contribution is -1.99. The number of rotatable bonds is 2. The van der Waals surface area contributed by atoms with Crippen LogP contribution >= 0.6 is 27.5 Å². The number of aromatic hydroxyl groups is 1. The molecule has 0 amide bonds. The van der Waals surface area contributed by atoms with Crippen LogP contribution in [0.15, 0.2) is 59.1 Å². The fourth-order valence-corrected chi connectivity index (χ4v) is 2.82. The standard InChI is InChI=1S/C17H13BrClNO/c1-11-2-8-15(12-3-5-13(18)6-4-12)20(11)16-9-7-14(19)10-17(16)21/h2-10,21H,1H3. The summed E-state index contributed by atoms with van der Waals surface area (Å²) in [4.78, 5) is 0. The number of aryl methyl sites for hydroxylation is 1.